The third-order valence-corrected chi connectivity index (χ3v) is 3.37. The van der Waals surface area contributed by atoms with Gasteiger partial charge in [-0.15, -0.1) is 0 Å². The Kier molecular flexibility index (Phi) is 3.31. The molecule has 1 unspecified atom stereocenters. The first kappa shape index (κ1) is 13.9. The molecule has 1 aliphatic carbocycles. The molecule has 104 valence electrons. The maximum Gasteiger partial charge on any atom is 0.331 e. The molecule has 19 heavy (non-hydrogen) atoms. The van der Waals surface area contributed by atoms with Crippen LogP contribution in [0.15, 0.2) is 18.2 Å². The van der Waals surface area contributed by atoms with E-state index in [2.05, 4.69) is 0 Å². The lowest BCUT2D eigenvalue weighted by Gasteiger charge is -2.28. The minimum absolute atomic E-state index is 0.369. The molecule has 0 fully saturated rings. The van der Waals surface area contributed by atoms with Crippen molar-refractivity contribution in [1.82, 2.24) is 0 Å². The summed E-state index contributed by atoms with van der Waals surface area (Å²) in [5, 5.41) is 0. The smallest absolute Gasteiger partial charge is 0.331 e. The average Bonchev–Trinajstić information content (AvgIpc) is 2.67. The second-order valence-electron chi connectivity index (χ2n) is 5.96. The van der Waals surface area contributed by atoms with E-state index in [1.165, 1.54) is 0 Å². The lowest BCUT2D eigenvalue weighted by Crippen LogP contribution is -2.46. The lowest BCUT2D eigenvalue weighted by atomic mass is 9.92. The first-order valence-corrected chi connectivity index (χ1v) is 6.46. The molecule has 0 aliphatic heterocycles. The molecule has 0 bridgehead atoms. The molecule has 2 N–H and O–H groups in total. The van der Waals surface area contributed by atoms with E-state index >= 15 is 0 Å². The molecule has 0 spiro atoms. The van der Waals surface area contributed by atoms with Gasteiger partial charge in [-0.05, 0) is 50.8 Å². The molecule has 0 saturated carbocycles. The van der Waals surface area contributed by atoms with Crippen LogP contribution in [0.1, 0.15) is 38.3 Å². The highest BCUT2D eigenvalue weighted by atomic mass is 16.6. The number of fused-ring (bicyclic) bond motifs is 1. The van der Waals surface area contributed by atoms with E-state index in [4.69, 9.17) is 15.2 Å². The quantitative estimate of drug-likeness (QED) is 0.830. The van der Waals surface area contributed by atoms with Crippen molar-refractivity contribution in [3.63, 3.8) is 0 Å². The number of hydrogen-bond acceptors (Lipinski definition) is 4. The number of esters is 1. The third-order valence-electron chi connectivity index (χ3n) is 3.37. The van der Waals surface area contributed by atoms with Crippen LogP contribution in [0.4, 0.5) is 0 Å². The molecule has 4 heteroatoms. The molecular formula is C15H21NO3. The van der Waals surface area contributed by atoms with Crippen molar-refractivity contribution in [3.05, 3.63) is 29.3 Å². The van der Waals surface area contributed by atoms with E-state index in [0.29, 0.717) is 6.42 Å². The Morgan fingerprint density at radius 2 is 2.05 bits per heavy atom. The topological polar surface area (TPSA) is 61.5 Å². The maximum absolute atomic E-state index is 12.4. The largest absolute Gasteiger partial charge is 0.496 e. The van der Waals surface area contributed by atoms with E-state index in [0.717, 1.165) is 23.3 Å². The molecule has 4 nitrogen and oxygen atoms in total. The van der Waals surface area contributed by atoms with Gasteiger partial charge in [0.25, 0.3) is 0 Å². The number of carbonyl (C=O) groups is 1. The van der Waals surface area contributed by atoms with Crippen molar-refractivity contribution >= 4 is 5.97 Å². The zero-order valence-electron chi connectivity index (χ0n) is 11.9. The molecule has 0 aromatic heterocycles. The van der Waals surface area contributed by atoms with Crippen LogP contribution in [0.2, 0.25) is 0 Å². The summed E-state index contributed by atoms with van der Waals surface area (Å²) in [7, 11) is 1.62. The second-order valence-corrected chi connectivity index (χ2v) is 5.96. The minimum Gasteiger partial charge on any atom is -0.496 e. The van der Waals surface area contributed by atoms with Crippen LogP contribution >= 0.6 is 0 Å². The summed E-state index contributed by atoms with van der Waals surface area (Å²) in [6.45, 7) is 5.53. The Balaban J connectivity index is 2.37. The van der Waals surface area contributed by atoms with Crippen molar-refractivity contribution in [2.45, 2.75) is 44.8 Å². The van der Waals surface area contributed by atoms with Crippen molar-refractivity contribution < 1.29 is 14.3 Å². The number of benzene rings is 1. The molecule has 0 amide bonds. The van der Waals surface area contributed by atoms with E-state index in [1.807, 2.05) is 39.0 Å². The molecule has 1 atom stereocenters. The minimum atomic E-state index is -1.06. The van der Waals surface area contributed by atoms with Crippen LogP contribution < -0.4 is 10.5 Å². The van der Waals surface area contributed by atoms with Gasteiger partial charge in [-0.25, -0.2) is 4.79 Å². The van der Waals surface area contributed by atoms with Gasteiger partial charge in [0.1, 0.15) is 16.9 Å². The fraction of sp³-hybridized carbons (Fsp3) is 0.533. The van der Waals surface area contributed by atoms with Gasteiger partial charge >= 0.3 is 5.97 Å². The normalized spacial score (nSPS) is 21.9. The Labute approximate surface area is 113 Å². The van der Waals surface area contributed by atoms with Gasteiger partial charge in [0.2, 0.25) is 0 Å². The molecule has 0 radical (unpaired) electrons. The number of rotatable bonds is 2. The zero-order chi connectivity index (χ0) is 14.3. The van der Waals surface area contributed by atoms with Gasteiger partial charge in [-0.1, -0.05) is 12.1 Å². The summed E-state index contributed by atoms with van der Waals surface area (Å²) >= 11 is 0. The van der Waals surface area contributed by atoms with Crippen molar-refractivity contribution in [2.24, 2.45) is 5.73 Å². The summed E-state index contributed by atoms with van der Waals surface area (Å²) in [6, 6.07) is 5.63. The highest BCUT2D eigenvalue weighted by Gasteiger charge is 2.45. The number of methoxy groups -OCH3 is 1. The molecular weight excluding hydrogens is 242 g/mol. The van der Waals surface area contributed by atoms with E-state index < -0.39 is 11.1 Å². The highest BCUT2D eigenvalue weighted by molar-refractivity contribution is 5.84. The van der Waals surface area contributed by atoms with Crippen LogP contribution in [0.5, 0.6) is 5.75 Å². The first-order valence-electron chi connectivity index (χ1n) is 6.46. The van der Waals surface area contributed by atoms with Crippen molar-refractivity contribution in [2.75, 3.05) is 7.11 Å². The zero-order valence-corrected chi connectivity index (χ0v) is 11.9. The van der Waals surface area contributed by atoms with Gasteiger partial charge < -0.3 is 15.2 Å². The Hall–Kier alpha value is -1.55. The van der Waals surface area contributed by atoms with Gasteiger partial charge in [0.15, 0.2) is 0 Å². The lowest BCUT2D eigenvalue weighted by molar-refractivity contribution is -0.162. The molecule has 1 aromatic rings. The van der Waals surface area contributed by atoms with Gasteiger partial charge in [-0.2, -0.15) is 0 Å². The first-order chi connectivity index (χ1) is 8.78. The highest BCUT2D eigenvalue weighted by Crippen LogP contribution is 2.40. The number of hydrogen-bond donors (Lipinski definition) is 1. The fourth-order valence-electron chi connectivity index (χ4n) is 2.47. The van der Waals surface area contributed by atoms with E-state index in [9.17, 15) is 4.79 Å². The van der Waals surface area contributed by atoms with Crippen LogP contribution in [0.25, 0.3) is 0 Å². The van der Waals surface area contributed by atoms with E-state index in [-0.39, 0.29) is 5.97 Å². The Morgan fingerprint density at radius 3 is 2.63 bits per heavy atom. The summed E-state index contributed by atoms with van der Waals surface area (Å²) in [6.07, 6.45) is 1.28. The van der Waals surface area contributed by atoms with Crippen LogP contribution in [-0.4, -0.2) is 18.7 Å². The molecule has 0 heterocycles. The third kappa shape index (κ3) is 2.45. The summed E-state index contributed by atoms with van der Waals surface area (Å²) in [4.78, 5) is 12.4. The average molecular weight is 263 g/mol. The van der Waals surface area contributed by atoms with Crippen LogP contribution in [-0.2, 0) is 21.5 Å². The van der Waals surface area contributed by atoms with Crippen LogP contribution in [0, 0.1) is 0 Å². The number of nitrogens with two attached hydrogens (primary N) is 1. The summed E-state index contributed by atoms with van der Waals surface area (Å²) < 4.78 is 10.8. The van der Waals surface area contributed by atoms with Crippen LogP contribution in [0.3, 0.4) is 0 Å². The summed E-state index contributed by atoms with van der Waals surface area (Å²) in [5.74, 6) is 0.417. The van der Waals surface area contributed by atoms with Gasteiger partial charge in [0, 0.05) is 0 Å². The maximum atomic E-state index is 12.4. The number of ether oxygens (including phenoxy) is 2. The monoisotopic (exact) mass is 263 g/mol. The molecule has 2 rings (SSSR count). The SMILES string of the molecule is COc1cccc2c1CCC2(N)C(=O)OC(C)(C)C. The summed E-state index contributed by atoms with van der Waals surface area (Å²) in [5.41, 5.74) is 6.55. The standard InChI is InChI=1S/C15H21NO3/c1-14(2,3)19-13(17)15(16)9-8-10-11(15)6-5-7-12(10)18-4/h5-7H,8-9,16H2,1-4H3. The molecule has 1 aliphatic rings. The van der Waals surface area contributed by atoms with E-state index in [1.54, 1.807) is 7.11 Å². The Bertz CT molecular complexity index is 505. The predicted octanol–water partition coefficient (Wildman–Crippen LogP) is 2.14. The van der Waals surface area contributed by atoms with Crippen molar-refractivity contribution in [3.8, 4) is 5.75 Å². The molecule has 0 saturated heterocycles. The van der Waals surface area contributed by atoms with Crippen molar-refractivity contribution in [1.29, 1.82) is 0 Å². The van der Waals surface area contributed by atoms with Gasteiger partial charge in [0.05, 0.1) is 7.11 Å². The fourth-order valence-corrected chi connectivity index (χ4v) is 2.47. The van der Waals surface area contributed by atoms with Gasteiger partial charge in [-0.3, -0.25) is 0 Å². The Morgan fingerprint density at radius 1 is 1.37 bits per heavy atom. The predicted molar refractivity (Wildman–Crippen MR) is 73.0 cm³/mol. The number of carbonyl (C=O) groups excluding carboxylic acids is 1. The molecule has 1 aromatic carbocycles. The second kappa shape index (κ2) is 4.53.